The highest BCUT2D eigenvalue weighted by molar-refractivity contribution is 5.93. The van der Waals surface area contributed by atoms with E-state index >= 15 is 0 Å². The maximum atomic E-state index is 12.6. The average molecular weight is 380 g/mol. The molecule has 9 heteroatoms. The molecular weight excluding hydrogens is 364 g/mol. The summed E-state index contributed by atoms with van der Waals surface area (Å²) in [6.45, 7) is 0.661. The lowest BCUT2D eigenvalue weighted by Gasteiger charge is -2.07. The van der Waals surface area contributed by atoms with E-state index in [0.29, 0.717) is 11.5 Å². The quantitative estimate of drug-likeness (QED) is 0.520. The van der Waals surface area contributed by atoms with E-state index in [2.05, 4.69) is 10.4 Å². The largest absolute Gasteiger partial charge is 0.454 e. The number of nitro groups is 1. The van der Waals surface area contributed by atoms with Crippen LogP contribution in [0.4, 0.5) is 5.82 Å². The number of carbonyl (C=O) groups is 1. The Kier molecular flexibility index (Phi) is 4.63. The maximum absolute atomic E-state index is 12.6. The lowest BCUT2D eigenvalue weighted by molar-refractivity contribution is -0.389. The summed E-state index contributed by atoms with van der Waals surface area (Å²) in [6.07, 6.45) is 0. The van der Waals surface area contributed by atoms with Gasteiger partial charge in [0.05, 0.1) is 17.7 Å². The second kappa shape index (κ2) is 7.39. The van der Waals surface area contributed by atoms with Gasteiger partial charge in [-0.2, -0.15) is 4.68 Å². The molecule has 0 spiro atoms. The third-order valence-electron chi connectivity index (χ3n) is 4.25. The number of ether oxygens (including phenoxy) is 2. The number of nitrogens with zero attached hydrogens (tertiary/aromatic N) is 3. The third kappa shape index (κ3) is 3.63. The van der Waals surface area contributed by atoms with Crippen LogP contribution >= 0.6 is 0 Å². The molecule has 0 radical (unpaired) electrons. The van der Waals surface area contributed by atoms with Crippen molar-refractivity contribution < 1.29 is 19.2 Å². The van der Waals surface area contributed by atoms with Crippen molar-refractivity contribution in [3.8, 4) is 11.5 Å². The number of hydrogen-bond donors (Lipinski definition) is 1. The van der Waals surface area contributed by atoms with Gasteiger partial charge in [-0.1, -0.05) is 36.4 Å². The van der Waals surface area contributed by atoms with Crippen molar-refractivity contribution in [1.82, 2.24) is 15.1 Å². The predicted molar refractivity (Wildman–Crippen MR) is 98.2 cm³/mol. The van der Waals surface area contributed by atoms with Crippen molar-refractivity contribution in [1.29, 1.82) is 0 Å². The first-order valence-corrected chi connectivity index (χ1v) is 8.53. The van der Waals surface area contributed by atoms with Crippen LogP contribution in [0.1, 0.15) is 21.6 Å². The van der Waals surface area contributed by atoms with Crippen molar-refractivity contribution in [3.05, 3.63) is 81.5 Å². The molecule has 142 valence electrons. The number of benzene rings is 2. The van der Waals surface area contributed by atoms with Gasteiger partial charge in [-0.05, 0) is 28.2 Å². The summed E-state index contributed by atoms with van der Waals surface area (Å²) in [7, 11) is 0. The molecule has 1 N–H and O–H groups in total. The van der Waals surface area contributed by atoms with E-state index in [4.69, 9.17) is 9.47 Å². The van der Waals surface area contributed by atoms with Crippen molar-refractivity contribution in [2.45, 2.75) is 13.1 Å². The van der Waals surface area contributed by atoms with Gasteiger partial charge < -0.3 is 24.9 Å². The highest BCUT2D eigenvalue weighted by Crippen LogP contribution is 2.32. The number of amides is 1. The first kappa shape index (κ1) is 17.5. The third-order valence-corrected chi connectivity index (χ3v) is 4.25. The van der Waals surface area contributed by atoms with E-state index in [-0.39, 0.29) is 31.4 Å². The number of hydrogen-bond acceptors (Lipinski definition) is 6. The van der Waals surface area contributed by atoms with Gasteiger partial charge in [0.15, 0.2) is 17.2 Å². The molecule has 2 heterocycles. The molecule has 4 rings (SSSR count). The van der Waals surface area contributed by atoms with Gasteiger partial charge in [0.25, 0.3) is 5.91 Å². The average Bonchev–Trinajstić information content (AvgIpc) is 3.33. The molecule has 1 aliphatic rings. The lowest BCUT2D eigenvalue weighted by atomic mass is 10.2. The standard InChI is InChI=1S/C19H16N4O5/c24-19(20-10-14-6-7-16-17(8-14)28-12-27-16)15-9-18(23(25)26)21-22(15)11-13-4-2-1-3-5-13/h1-9H,10-12H2,(H,20,24). The van der Waals surface area contributed by atoms with Gasteiger partial charge in [-0.3, -0.25) is 4.79 Å². The fraction of sp³-hybridized carbons (Fsp3) is 0.158. The molecule has 1 amide bonds. The fourth-order valence-electron chi connectivity index (χ4n) is 2.88. The van der Waals surface area contributed by atoms with Crippen LogP contribution in [0.2, 0.25) is 0 Å². The molecule has 0 atom stereocenters. The van der Waals surface area contributed by atoms with Crippen LogP contribution in [0, 0.1) is 10.1 Å². The molecule has 9 nitrogen and oxygen atoms in total. The van der Waals surface area contributed by atoms with Gasteiger partial charge in [0.2, 0.25) is 6.79 Å². The summed E-state index contributed by atoms with van der Waals surface area (Å²) in [5.41, 5.74) is 1.82. The van der Waals surface area contributed by atoms with Crippen molar-refractivity contribution >= 4 is 11.7 Å². The molecule has 0 bridgehead atoms. The molecule has 0 aliphatic carbocycles. The highest BCUT2D eigenvalue weighted by Gasteiger charge is 2.23. The van der Waals surface area contributed by atoms with Crippen LogP contribution in [0.5, 0.6) is 11.5 Å². The van der Waals surface area contributed by atoms with Crippen LogP contribution in [-0.2, 0) is 13.1 Å². The Balaban J connectivity index is 1.52. The van der Waals surface area contributed by atoms with Crippen LogP contribution in [0.25, 0.3) is 0 Å². The zero-order chi connectivity index (χ0) is 19.5. The summed E-state index contributed by atoms with van der Waals surface area (Å²) in [5, 5.41) is 17.8. The second-order valence-corrected chi connectivity index (χ2v) is 6.16. The van der Waals surface area contributed by atoms with E-state index < -0.39 is 10.8 Å². The number of nitrogens with one attached hydrogen (secondary N) is 1. The van der Waals surface area contributed by atoms with Gasteiger partial charge in [0.1, 0.15) is 0 Å². The van der Waals surface area contributed by atoms with Crippen LogP contribution in [0.3, 0.4) is 0 Å². The maximum Gasteiger partial charge on any atom is 0.390 e. The Morgan fingerprint density at radius 1 is 1.11 bits per heavy atom. The number of aromatic nitrogens is 2. The summed E-state index contributed by atoms with van der Waals surface area (Å²) in [6, 6.07) is 15.9. The predicted octanol–water partition coefficient (Wildman–Crippen LogP) is 2.50. The Morgan fingerprint density at radius 2 is 1.89 bits per heavy atom. The lowest BCUT2D eigenvalue weighted by Crippen LogP contribution is -2.26. The zero-order valence-electron chi connectivity index (χ0n) is 14.7. The van der Waals surface area contributed by atoms with Crippen molar-refractivity contribution in [3.63, 3.8) is 0 Å². The smallest absolute Gasteiger partial charge is 0.390 e. The molecule has 0 saturated carbocycles. The molecule has 0 unspecified atom stereocenters. The van der Waals surface area contributed by atoms with Gasteiger partial charge >= 0.3 is 5.82 Å². The minimum absolute atomic E-state index is 0.122. The van der Waals surface area contributed by atoms with Crippen LogP contribution in [-0.4, -0.2) is 27.4 Å². The van der Waals surface area contributed by atoms with Crippen molar-refractivity contribution in [2.75, 3.05) is 6.79 Å². The van der Waals surface area contributed by atoms with E-state index in [1.54, 1.807) is 12.1 Å². The molecule has 2 aromatic carbocycles. The second-order valence-electron chi connectivity index (χ2n) is 6.16. The monoisotopic (exact) mass is 380 g/mol. The molecule has 3 aromatic rings. The topological polar surface area (TPSA) is 109 Å². The van der Waals surface area contributed by atoms with Crippen LogP contribution in [0.15, 0.2) is 54.6 Å². The van der Waals surface area contributed by atoms with E-state index in [0.717, 1.165) is 11.1 Å². The van der Waals surface area contributed by atoms with Gasteiger partial charge in [0, 0.05) is 6.54 Å². The number of carbonyl (C=O) groups excluding carboxylic acids is 1. The summed E-state index contributed by atoms with van der Waals surface area (Å²) < 4.78 is 11.9. The van der Waals surface area contributed by atoms with Gasteiger partial charge in [-0.15, -0.1) is 0 Å². The molecule has 28 heavy (non-hydrogen) atoms. The summed E-state index contributed by atoms with van der Waals surface area (Å²) >= 11 is 0. The number of fused-ring (bicyclic) bond motifs is 1. The Hall–Kier alpha value is -3.88. The number of rotatable bonds is 6. The molecule has 1 aliphatic heterocycles. The molecule has 1 aromatic heterocycles. The van der Waals surface area contributed by atoms with Crippen LogP contribution < -0.4 is 14.8 Å². The van der Waals surface area contributed by atoms with Gasteiger partial charge in [-0.25, -0.2) is 0 Å². The van der Waals surface area contributed by atoms with Crippen molar-refractivity contribution in [2.24, 2.45) is 0 Å². The van der Waals surface area contributed by atoms with E-state index in [9.17, 15) is 14.9 Å². The minimum Gasteiger partial charge on any atom is -0.454 e. The zero-order valence-corrected chi connectivity index (χ0v) is 14.7. The normalized spacial score (nSPS) is 12.0. The Morgan fingerprint density at radius 3 is 2.68 bits per heavy atom. The SMILES string of the molecule is O=C(NCc1ccc2c(c1)OCO2)c1cc([N+](=O)[O-])nn1Cc1ccccc1. The molecule has 0 saturated heterocycles. The summed E-state index contributed by atoms with van der Waals surface area (Å²) in [4.78, 5) is 23.1. The van der Waals surface area contributed by atoms with E-state index in [1.807, 2.05) is 36.4 Å². The molecular formula is C19H16N4O5. The first-order chi connectivity index (χ1) is 13.6. The minimum atomic E-state index is -0.615. The first-order valence-electron chi connectivity index (χ1n) is 8.53. The Labute approximate surface area is 159 Å². The summed E-state index contributed by atoms with van der Waals surface area (Å²) in [5.74, 6) is 0.460. The highest BCUT2D eigenvalue weighted by atomic mass is 16.7. The van der Waals surface area contributed by atoms with E-state index in [1.165, 1.54) is 10.7 Å². The molecule has 0 fully saturated rings. The Bertz CT molecular complexity index is 1030. The fourth-order valence-corrected chi connectivity index (χ4v) is 2.88.